The average molecular weight is 383 g/mol. The topological polar surface area (TPSA) is 71.1 Å². The van der Waals surface area contributed by atoms with Crippen LogP contribution in [0.1, 0.15) is 17.3 Å². The lowest BCUT2D eigenvalue weighted by molar-refractivity contribution is 0.0600. The molecule has 0 atom stereocenters. The smallest absolute Gasteiger partial charge is 0.337 e. The average Bonchev–Trinajstić information content (AvgIpc) is 2.74. The largest absolute Gasteiger partial charge is 0.492 e. The zero-order chi connectivity index (χ0) is 19.9. The normalized spacial score (nSPS) is 13.8. The lowest BCUT2D eigenvalue weighted by atomic mass is 10.2. The first-order valence-corrected chi connectivity index (χ1v) is 9.33. The number of ether oxygens (including phenoxy) is 2. The number of esters is 1. The van der Waals surface area contributed by atoms with Crippen LogP contribution in [0.2, 0.25) is 0 Å². The van der Waals surface area contributed by atoms with Crippen LogP contribution in [0, 0.1) is 0 Å². The van der Waals surface area contributed by atoms with Crippen LogP contribution in [0.15, 0.2) is 48.5 Å². The summed E-state index contributed by atoms with van der Waals surface area (Å²) in [6.45, 7) is 5.23. The van der Waals surface area contributed by atoms with Crippen molar-refractivity contribution in [3.63, 3.8) is 0 Å². The summed E-state index contributed by atoms with van der Waals surface area (Å²) >= 11 is 0. The highest BCUT2D eigenvalue weighted by Crippen LogP contribution is 2.28. The molecule has 0 spiro atoms. The van der Waals surface area contributed by atoms with Crippen LogP contribution in [0.4, 0.5) is 16.2 Å². The van der Waals surface area contributed by atoms with Gasteiger partial charge in [0.1, 0.15) is 5.75 Å². The Balaban J connectivity index is 1.59. The third kappa shape index (κ3) is 4.54. The number of amides is 2. The zero-order valence-corrected chi connectivity index (χ0v) is 16.2. The molecule has 148 valence electrons. The van der Waals surface area contributed by atoms with Crippen molar-refractivity contribution in [2.24, 2.45) is 0 Å². The Kier molecular flexibility index (Phi) is 6.37. The molecular weight excluding hydrogens is 358 g/mol. The fourth-order valence-electron chi connectivity index (χ4n) is 3.19. The molecule has 1 aliphatic heterocycles. The predicted octanol–water partition coefficient (Wildman–Crippen LogP) is 3.23. The van der Waals surface area contributed by atoms with E-state index in [1.54, 1.807) is 29.2 Å². The number of hydrogen-bond acceptors (Lipinski definition) is 5. The molecule has 1 fully saturated rings. The van der Waals surface area contributed by atoms with E-state index in [1.807, 2.05) is 31.2 Å². The first-order chi connectivity index (χ1) is 13.6. The van der Waals surface area contributed by atoms with Gasteiger partial charge in [0.05, 0.1) is 25.0 Å². The number of para-hydroxylation sites is 2. The number of nitrogens with one attached hydrogen (secondary N) is 1. The molecule has 28 heavy (non-hydrogen) atoms. The van der Waals surface area contributed by atoms with E-state index >= 15 is 0 Å². The summed E-state index contributed by atoms with van der Waals surface area (Å²) in [5, 5.41) is 2.85. The van der Waals surface area contributed by atoms with E-state index in [4.69, 9.17) is 9.47 Å². The number of carbonyl (C=O) groups is 2. The Morgan fingerprint density at radius 2 is 1.79 bits per heavy atom. The number of hydrogen-bond donors (Lipinski definition) is 1. The minimum atomic E-state index is -0.433. The Bertz CT molecular complexity index is 832. The summed E-state index contributed by atoms with van der Waals surface area (Å²) < 4.78 is 10.4. The van der Waals surface area contributed by atoms with Crippen LogP contribution < -0.4 is 15.0 Å². The maximum absolute atomic E-state index is 12.6. The second-order valence-electron chi connectivity index (χ2n) is 6.38. The van der Waals surface area contributed by atoms with Crippen LogP contribution in [-0.4, -0.2) is 56.8 Å². The van der Waals surface area contributed by atoms with Crippen LogP contribution in [0.5, 0.6) is 5.75 Å². The van der Waals surface area contributed by atoms with Gasteiger partial charge in [-0.15, -0.1) is 0 Å². The quantitative estimate of drug-likeness (QED) is 0.803. The van der Waals surface area contributed by atoms with Crippen LogP contribution in [0.25, 0.3) is 0 Å². The molecule has 1 saturated heterocycles. The predicted molar refractivity (Wildman–Crippen MR) is 108 cm³/mol. The fourth-order valence-corrected chi connectivity index (χ4v) is 3.19. The molecule has 7 heteroatoms. The summed E-state index contributed by atoms with van der Waals surface area (Å²) in [6, 6.07) is 14.5. The molecular formula is C21H25N3O4. The molecule has 2 aromatic carbocycles. The third-order valence-corrected chi connectivity index (χ3v) is 4.61. The monoisotopic (exact) mass is 383 g/mol. The highest BCUT2D eigenvalue weighted by atomic mass is 16.5. The Morgan fingerprint density at radius 3 is 2.50 bits per heavy atom. The second-order valence-corrected chi connectivity index (χ2v) is 6.38. The summed E-state index contributed by atoms with van der Waals surface area (Å²) in [5.74, 6) is 0.431. The molecule has 0 saturated carbocycles. The molecule has 2 aromatic rings. The van der Waals surface area contributed by atoms with Gasteiger partial charge in [-0.05, 0) is 37.3 Å². The van der Waals surface area contributed by atoms with E-state index in [2.05, 4.69) is 10.2 Å². The molecule has 1 N–H and O–H groups in total. The molecule has 3 rings (SSSR count). The highest BCUT2D eigenvalue weighted by molar-refractivity contribution is 5.94. The number of urea groups is 1. The minimum absolute atomic E-state index is 0.181. The summed E-state index contributed by atoms with van der Waals surface area (Å²) in [6.07, 6.45) is 0. The fraction of sp³-hybridized carbons (Fsp3) is 0.333. The highest BCUT2D eigenvalue weighted by Gasteiger charge is 2.23. The van der Waals surface area contributed by atoms with Gasteiger partial charge in [0.25, 0.3) is 0 Å². The van der Waals surface area contributed by atoms with Gasteiger partial charge in [0.15, 0.2) is 0 Å². The number of nitrogens with zero attached hydrogens (tertiary/aromatic N) is 2. The first kappa shape index (κ1) is 19.5. The van der Waals surface area contributed by atoms with Crippen molar-refractivity contribution in [2.45, 2.75) is 6.92 Å². The Hall–Kier alpha value is -3.22. The van der Waals surface area contributed by atoms with Crippen molar-refractivity contribution in [1.29, 1.82) is 0 Å². The molecule has 0 radical (unpaired) electrons. The second kappa shape index (κ2) is 9.12. The van der Waals surface area contributed by atoms with Gasteiger partial charge >= 0.3 is 12.0 Å². The number of carbonyl (C=O) groups excluding carboxylic acids is 2. The molecule has 0 aliphatic carbocycles. The van der Waals surface area contributed by atoms with E-state index in [1.165, 1.54) is 7.11 Å². The van der Waals surface area contributed by atoms with Gasteiger partial charge in [-0.2, -0.15) is 0 Å². The number of rotatable bonds is 5. The van der Waals surface area contributed by atoms with Gasteiger partial charge in [0.2, 0.25) is 0 Å². The van der Waals surface area contributed by atoms with E-state index in [0.29, 0.717) is 30.9 Å². The summed E-state index contributed by atoms with van der Waals surface area (Å²) in [4.78, 5) is 28.2. The van der Waals surface area contributed by atoms with E-state index in [-0.39, 0.29) is 6.03 Å². The van der Waals surface area contributed by atoms with Gasteiger partial charge in [-0.25, -0.2) is 9.59 Å². The Labute approximate surface area is 164 Å². The molecule has 0 aromatic heterocycles. The summed E-state index contributed by atoms with van der Waals surface area (Å²) in [5.41, 5.74) is 2.02. The number of benzene rings is 2. The van der Waals surface area contributed by atoms with Crippen LogP contribution in [0.3, 0.4) is 0 Å². The minimum Gasteiger partial charge on any atom is -0.492 e. The maximum Gasteiger partial charge on any atom is 0.337 e. The lowest BCUT2D eigenvalue weighted by Crippen LogP contribution is -2.50. The van der Waals surface area contributed by atoms with Crippen molar-refractivity contribution < 1.29 is 19.1 Å². The first-order valence-electron chi connectivity index (χ1n) is 9.33. The van der Waals surface area contributed by atoms with Crippen molar-refractivity contribution in [2.75, 3.05) is 50.1 Å². The van der Waals surface area contributed by atoms with E-state index in [9.17, 15) is 9.59 Å². The number of anilines is 2. The van der Waals surface area contributed by atoms with E-state index < -0.39 is 5.97 Å². The van der Waals surface area contributed by atoms with Crippen LogP contribution in [-0.2, 0) is 4.74 Å². The molecule has 2 amide bonds. The molecule has 1 heterocycles. The Morgan fingerprint density at radius 1 is 1.04 bits per heavy atom. The third-order valence-electron chi connectivity index (χ3n) is 4.61. The van der Waals surface area contributed by atoms with Gasteiger partial charge in [-0.3, -0.25) is 0 Å². The molecule has 0 unspecified atom stereocenters. The number of piperazine rings is 1. The van der Waals surface area contributed by atoms with E-state index in [0.717, 1.165) is 24.5 Å². The van der Waals surface area contributed by atoms with Gasteiger partial charge in [-0.1, -0.05) is 18.2 Å². The summed E-state index contributed by atoms with van der Waals surface area (Å²) in [7, 11) is 1.33. The van der Waals surface area contributed by atoms with Gasteiger partial charge < -0.3 is 24.6 Å². The van der Waals surface area contributed by atoms with Crippen molar-refractivity contribution in [3.05, 3.63) is 54.1 Å². The van der Waals surface area contributed by atoms with Crippen LogP contribution >= 0.6 is 0 Å². The van der Waals surface area contributed by atoms with Crippen molar-refractivity contribution >= 4 is 23.4 Å². The SMILES string of the molecule is CCOc1ccccc1N1CCN(C(=O)Nc2cccc(C(=O)OC)c2)CC1. The van der Waals surface area contributed by atoms with Crippen molar-refractivity contribution in [1.82, 2.24) is 4.90 Å². The van der Waals surface area contributed by atoms with Crippen molar-refractivity contribution in [3.8, 4) is 5.75 Å². The van der Waals surface area contributed by atoms with Gasteiger partial charge in [0, 0.05) is 31.9 Å². The maximum atomic E-state index is 12.6. The lowest BCUT2D eigenvalue weighted by Gasteiger charge is -2.36. The number of methoxy groups -OCH3 is 1. The standard InChI is InChI=1S/C21H25N3O4/c1-3-28-19-10-5-4-9-18(19)23-11-13-24(14-12-23)21(26)22-17-8-6-7-16(15-17)20(25)27-2/h4-10,15H,3,11-14H2,1-2H3,(H,22,26). The molecule has 0 bridgehead atoms. The molecule has 1 aliphatic rings. The zero-order valence-electron chi connectivity index (χ0n) is 16.2. The molecule has 7 nitrogen and oxygen atoms in total.